The van der Waals surface area contributed by atoms with Crippen LogP contribution in [-0.4, -0.2) is 33.4 Å². The minimum absolute atomic E-state index is 0.118. The third kappa shape index (κ3) is 5.49. The molecule has 0 saturated carbocycles. The van der Waals surface area contributed by atoms with Crippen LogP contribution in [0.3, 0.4) is 0 Å². The highest BCUT2D eigenvalue weighted by Gasteiger charge is 2.22. The summed E-state index contributed by atoms with van der Waals surface area (Å²) in [7, 11) is 0. The number of hydrogen-bond donors (Lipinski definition) is 0. The highest BCUT2D eigenvalue weighted by atomic mass is 79.9. The molecule has 48 heavy (non-hydrogen) atoms. The summed E-state index contributed by atoms with van der Waals surface area (Å²) in [6.45, 7) is 2.79. The van der Waals surface area contributed by atoms with Crippen molar-refractivity contribution in [2.24, 2.45) is 0 Å². The average Bonchev–Trinajstić information content (AvgIpc) is 3.89. The molecule has 11 nitrogen and oxygen atoms in total. The summed E-state index contributed by atoms with van der Waals surface area (Å²) in [6, 6.07) is 29.4. The normalized spacial score (nSPS) is 11.6. The van der Waals surface area contributed by atoms with E-state index in [0.29, 0.717) is 35.6 Å². The van der Waals surface area contributed by atoms with Gasteiger partial charge in [-0.05, 0) is 47.7 Å². The minimum atomic E-state index is -0.520. The van der Waals surface area contributed by atoms with E-state index in [1.54, 1.807) is 10.9 Å². The lowest BCUT2D eigenvalue weighted by Gasteiger charge is -2.12. The monoisotopic (exact) mass is 701 g/mol. The van der Waals surface area contributed by atoms with Crippen LogP contribution < -0.4 is 11.2 Å². The zero-order valence-corrected chi connectivity index (χ0v) is 27.4. The molecule has 0 bridgehead atoms. The Labute approximate surface area is 281 Å². The average molecular weight is 703 g/mol. The number of nitrogens with zero attached hydrogens (tertiary/aromatic N) is 7. The Hall–Kier alpha value is -5.75. The van der Waals surface area contributed by atoms with Crippen molar-refractivity contribution in [2.75, 3.05) is 0 Å². The molecule has 0 N–H and O–H groups in total. The number of fused-ring (bicyclic) bond motifs is 2. The molecule has 8 aromatic rings. The van der Waals surface area contributed by atoms with Gasteiger partial charge in [0.1, 0.15) is 18.1 Å². The summed E-state index contributed by atoms with van der Waals surface area (Å²) in [4.78, 5) is 32.5. The fourth-order valence-corrected chi connectivity index (χ4v) is 6.39. The first-order valence-electron chi connectivity index (χ1n) is 15.3. The molecule has 0 unspecified atom stereocenters. The van der Waals surface area contributed by atoms with Crippen molar-refractivity contribution in [3.05, 3.63) is 157 Å². The fourth-order valence-electron chi connectivity index (χ4n) is 6.05. The Kier molecular flexibility index (Phi) is 7.48. The highest BCUT2D eigenvalue weighted by molar-refractivity contribution is 9.10. The summed E-state index contributed by atoms with van der Waals surface area (Å²) in [5, 5.41) is 9.61. The van der Waals surface area contributed by atoms with E-state index in [4.69, 9.17) is 8.83 Å². The summed E-state index contributed by atoms with van der Waals surface area (Å²) in [5.74, 6) is 1.70. The molecule has 0 amide bonds. The molecule has 5 heterocycles. The van der Waals surface area contributed by atoms with Crippen molar-refractivity contribution < 1.29 is 8.83 Å². The highest BCUT2D eigenvalue weighted by Crippen LogP contribution is 2.28. The summed E-state index contributed by atoms with van der Waals surface area (Å²) in [5.41, 5.74) is 3.24. The standard InChI is InChI=1S/C36H28BrN7O4/c1-23-29(17-28(47-23)20-41-15-14-26-12-13-27(37)16-30(26)41)34-40-39-31(48-34)21-44-35(45)32-33(38-22-42(32)18-24-8-4-2-5-9-24)43(36(44)46)19-25-10-6-3-7-11-25/h2-17,22H,18-21H2,1H3. The number of aromatic nitrogens is 7. The predicted molar refractivity (Wildman–Crippen MR) is 184 cm³/mol. The van der Waals surface area contributed by atoms with Gasteiger partial charge in [-0.25, -0.2) is 14.3 Å². The van der Waals surface area contributed by atoms with Crippen molar-refractivity contribution in [3.63, 3.8) is 0 Å². The Morgan fingerprint density at radius 2 is 1.50 bits per heavy atom. The molecule has 12 heteroatoms. The van der Waals surface area contributed by atoms with Gasteiger partial charge in [0.05, 0.1) is 25.0 Å². The molecule has 0 aliphatic carbocycles. The second-order valence-electron chi connectivity index (χ2n) is 11.6. The van der Waals surface area contributed by atoms with Crippen molar-refractivity contribution in [1.29, 1.82) is 0 Å². The summed E-state index contributed by atoms with van der Waals surface area (Å²) >= 11 is 3.55. The van der Waals surface area contributed by atoms with E-state index in [1.807, 2.05) is 85.9 Å². The molecule has 0 atom stereocenters. The van der Waals surface area contributed by atoms with Gasteiger partial charge in [-0.15, -0.1) is 10.2 Å². The van der Waals surface area contributed by atoms with E-state index < -0.39 is 11.2 Å². The smallest absolute Gasteiger partial charge is 0.333 e. The molecule has 0 spiro atoms. The van der Waals surface area contributed by atoms with E-state index in [0.717, 1.165) is 36.8 Å². The van der Waals surface area contributed by atoms with Crippen LogP contribution in [-0.2, 0) is 26.2 Å². The van der Waals surface area contributed by atoms with E-state index in [9.17, 15) is 9.59 Å². The number of furan rings is 1. The maximum Gasteiger partial charge on any atom is 0.333 e. The Bertz CT molecular complexity index is 2540. The third-order valence-electron chi connectivity index (χ3n) is 8.38. The molecule has 8 rings (SSSR count). The molecule has 3 aromatic carbocycles. The number of rotatable bonds is 9. The maximum atomic E-state index is 14.0. The van der Waals surface area contributed by atoms with Crippen molar-refractivity contribution in [3.8, 4) is 11.5 Å². The Balaban J connectivity index is 1.14. The lowest BCUT2D eigenvalue weighted by molar-refractivity contribution is 0.464. The molecule has 0 aliphatic heterocycles. The Morgan fingerprint density at radius 1 is 0.750 bits per heavy atom. The fraction of sp³-hybridized carbons (Fsp3) is 0.139. The van der Waals surface area contributed by atoms with Crippen molar-refractivity contribution >= 4 is 38.0 Å². The van der Waals surface area contributed by atoms with Gasteiger partial charge in [0.2, 0.25) is 5.89 Å². The van der Waals surface area contributed by atoms with Crippen LogP contribution in [0, 0.1) is 6.92 Å². The zero-order chi connectivity index (χ0) is 32.8. The van der Waals surface area contributed by atoms with Gasteiger partial charge in [-0.1, -0.05) is 82.7 Å². The van der Waals surface area contributed by atoms with E-state index in [1.165, 1.54) is 4.57 Å². The molecule has 0 aliphatic rings. The maximum absolute atomic E-state index is 14.0. The number of imidazole rings is 1. The van der Waals surface area contributed by atoms with Crippen LogP contribution in [0.25, 0.3) is 33.5 Å². The van der Waals surface area contributed by atoms with Crippen LogP contribution in [0.2, 0.25) is 0 Å². The SMILES string of the molecule is Cc1oc(Cn2ccc3ccc(Br)cc32)cc1-c1nnc(Cn2c(=O)c3c(ncn3Cc3ccccc3)n(Cc3ccccc3)c2=O)o1. The van der Waals surface area contributed by atoms with E-state index in [-0.39, 0.29) is 24.9 Å². The van der Waals surface area contributed by atoms with Gasteiger partial charge in [0, 0.05) is 22.7 Å². The first-order chi connectivity index (χ1) is 23.4. The van der Waals surface area contributed by atoms with E-state index >= 15 is 0 Å². The lowest BCUT2D eigenvalue weighted by atomic mass is 10.2. The van der Waals surface area contributed by atoms with Gasteiger partial charge in [0.15, 0.2) is 11.2 Å². The molecule has 0 radical (unpaired) electrons. The van der Waals surface area contributed by atoms with Gasteiger partial charge >= 0.3 is 5.69 Å². The quantitative estimate of drug-likeness (QED) is 0.175. The van der Waals surface area contributed by atoms with Gasteiger partial charge < -0.3 is 18.0 Å². The number of halogens is 1. The van der Waals surface area contributed by atoms with E-state index in [2.05, 4.69) is 53.9 Å². The van der Waals surface area contributed by atoms with Crippen LogP contribution in [0.1, 0.15) is 28.5 Å². The van der Waals surface area contributed by atoms with Crippen LogP contribution in [0.15, 0.2) is 126 Å². The zero-order valence-electron chi connectivity index (χ0n) is 25.8. The predicted octanol–water partition coefficient (Wildman–Crippen LogP) is 6.22. The summed E-state index contributed by atoms with van der Waals surface area (Å²) in [6.07, 6.45) is 3.62. The number of benzene rings is 3. The first-order valence-corrected chi connectivity index (χ1v) is 16.1. The molecular formula is C36H28BrN7O4. The van der Waals surface area contributed by atoms with Gasteiger partial charge in [0.25, 0.3) is 11.4 Å². The number of aryl methyl sites for hydroxylation is 1. The van der Waals surface area contributed by atoms with Crippen LogP contribution in [0.5, 0.6) is 0 Å². The molecule has 238 valence electrons. The largest absolute Gasteiger partial charge is 0.464 e. The lowest BCUT2D eigenvalue weighted by Crippen LogP contribution is -2.41. The first kappa shape index (κ1) is 29.6. The number of hydrogen-bond acceptors (Lipinski definition) is 7. The molecule has 0 fully saturated rings. The third-order valence-corrected chi connectivity index (χ3v) is 8.88. The Morgan fingerprint density at radius 3 is 2.27 bits per heavy atom. The van der Waals surface area contributed by atoms with Crippen LogP contribution in [0.4, 0.5) is 0 Å². The second-order valence-corrected chi connectivity index (χ2v) is 12.5. The second kappa shape index (κ2) is 12.1. The van der Waals surface area contributed by atoms with Gasteiger partial charge in [-0.3, -0.25) is 9.36 Å². The minimum Gasteiger partial charge on any atom is -0.464 e. The van der Waals surface area contributed by atoms with Crippen molar-refractivity contribution in [1.82, 2.24) is 33.4 Å². The molecule has 0 saturated heterocycles. The summed E-state index contributed by atoms with van der Waals surface area (Å²) < 4.78 is 19.7. The molecular weight excluding hydrogens is 674 g/mol. The van der Waals surface area contributed by atoms with Crippen LogP contribution >= 0.6 is 15.9 Å². The van der Waals surface area contributed by atoms with Gasteiger partial charge in [-0.2, -0.15) is 0 Å². The topological polar surface area (TPSA) is 119 Å². The van der Waals surface area contributed by atoms with Crippen molar-refractivity contribution in [2.45, 2.75) is 33.1 Å². The molecule has 5 aromatic heterocycles.